The van der Waals surface area contributed by atoms with Crippen LogP contribution in [0.4, 0.5) is 13.2 Å². The van der Waals surface area contributed by atoms with Crippen LogP contribution in [0.25, 0.3) is 0 Å². The molecule has 3 nitrogen and oxygen atoms in total. The van der Waals surface area contributed by atoms with Gasteiger partial charge in [0.15, 0.2) is 0 Å². The van der Waals surface area contributed by atoms with Gasteiger partial charge in [-0.05, 0) is 31.0 Å². The number of hydrogen-bond donors (Lipinski definition) is 2. The first-order valence-electron chi connectivity index (χ1n) is 7.44. The number of amides is 1. The molecule has 0 atom stereocenters. The van der Waals surface area contributed by atoms with E-state index in [4.69, 9.17) is 0 Å². The number of carbonyl (C=O) groups is 1. The fourth-order valence-electron chi connectivity index (χ4n) is 2.63. The van der Waals surface area contributed by atoms with Crippen LogP contribution in [-0.2, 0) is 11.0 Å². The van der Waals surface area contributed by atoms with Crippen LogP contribution in [0.15, 0.2) is 24.3 Å². The summed E-state index contributed by atoms with van der Waals surface area (Å²) in [7, 11) is 0. The summed E-state index contributed by atoms with van der Waals surface area (Å²) in [6.45, 7) is 0.0329. The monoisotopic (exact) mass is 325 g/mol. The smallest absolute Gasteiger partial charge is 0.389 e. The summed E-state index contributed by atoms with van der Waals surface area (Å²) in [5.74, 6) is 4.91. The number of aliphatic hydroxyl groups is 1. The lowest BCUT2D eigenvalue weighted by molar-refractivity contribution is -0.137. The molecule has 0 saturated heterocycles. The first-order chi connectivity index (χ1) is 10.8. The fourth-order valence-corrected chi connectivity index (χ4v) is 2.63. The molecule has 2 rings (SSSR count). The van der Waals surface area contributed by atoms with E-state index in [0.29, 0.717) is 12.8 Å². The first kappa shape index (κ1) is 17.4. The zero-order valence-electron chi connectivity index (χ0n) is 12.5. The van der Waals surface area contributed by atoms with Crippen LogP contribution in [0, 0.1) is 11.8 Å². The van der Waals surface area contributed by atoms with Crippen molar-refractivity contribution in [2.45, 2.75) is 43.9 Å². The number of carbonyl (C=O) groups excluding carboxylic acids is 1. The fraction of sp³-hybridized carbons (Fsp3) is 0.471. The number of rotatable bonds is 3. The van der Waals surface area contributed by atoms with Gasteiger partial charge in [-0.25, -0.2) is 0 Å². The van der Waals surface area contributed by atoms with Gasteiger partial charge in [0.05, 0.1) is 24.1 Å². The quantitative estimate of drug-likeness (QED) is 0.840. The molecule has 1 aliphatic rings. The van der Waals surface area contributed by atoms with Crippen LogP contribution in [0.5, 0.6) is 0 Å². The van der Waals surface area contributed by atoms with Crippen LogP contribution < -0.4 is 5.32 Å². The zero-order chi connectivity index (χ0) is 16.9. The van der Waals surface area contributed by atoms with E-state index in [0.717, 1.165) is 25.0 Å². The van der Waals surface area contributed by atoms with Crippen molar-refractivity contribution >= 4 is 5.91 Å². The molecule has 23 heavy (non-hydrogen) atoms. The summed E-state index contributed by atoms with van der Waals surface area (Å²) in [5, 5.41) is 12.7. The van der Waals surface area contributed by atoms with E-state index in [1.165, 1.54) is 12.1 Å². The van der Waals surface area contributed by atoms with Gasteiger partial charge >= 0.3 is 6.18 Å². The van der Waals surface area contributed by atoms with Crippen molar-refractivity contribution in [3.8, 4) is 11.8 Å². The molecule has 1 saturated carbocycles. The van der Waals surface area contributed by atoms with Gasteiger partial charge in [0.1, 0.15) is 0 Å². The predicted molar refractivity (Wildman–Crippen MR) is 79.4 cm³/mol. The summed E-state index contributed by atoms with van der Waals surface area (Å²) in [4.78, 5) is 11.7. The highest BCUT2D eigenvalue weighted by molar-refractivity contribution is 5.77. The number of hydrogen-bond acceptors (Lipinski definition) is 2. The Morgan fingerprint density at radius 1 is 1.30 bits per heavy atom. The molecule has 124 valence electrons. The van der Waals surface area contributed by atoms with Crippen molar-refractivity contribution in [1.82, 2.24) is 5.32 Å². The summed E-state index contributed by atoms with van der Waals surface area (Å²) in [6.07, 6.45) is -1.29. The molecule has 0 aromatic heterocycles. The van der Waals surface area contributed by atoms with Gasteiger partial charge in [-0.15, -0.1) is 0 Å². The Morgan fingerprint density at radius 2 is 2.00 bits per heavy atom. The van der Waals surface area contributed by atoms with E-state index >= 15 is 0 Å². The highest BCUT2D eigenvalue weighted by Gasteiger charge is 2.33. The highest BCUT2D eigenvalue weighted by Crippen LogP contribution is 2.32. The topological polar surface area (TPSA) is 49.3 Å². The Hall–Kier alpha value is -2.00. The third-order valence-electron chi connectivity index (χ3n) is 3.82. The second kappa shape index (κ2) is 7.05. The van der Waals surface area contributed by atoms with Crippen molar-refractivity contribution in [3.05, 3.63) is 35.4 Å². The molecule has 1 amide bonds. The minimum Gasteiger partial charge on any atom is -0.389 e. The Labute approximate surface area is 132 Å². The van der Waals surface area contributed by atoms with E-state index in [9.17, 15) is 23.1 Å². The van der Waals surface area contributed by atoms with Crippen molar-refractivity contribution in [3.63, 3.8) is 0 Å². The highest BCUT2D eigenvalue weighted by atomic mass is 19.4. The lowest BCUT2D eigenvalue weighted by Crippen LogP contribution is -2.34. The third kappa shape index (κ3) is 5.29. The summed E-state index contributed by atoms with van der Waals surface area (Å²) < 4.78 is 37.7. The molecule has 0 spiro atoms. The standard InChI is InChI=1S/C17H18F3NO2/c18-17(19,20)14-7-3-5-13(11-14)6-4-10-21-15(22)12-16(23)8-1-2-9-16/h3,5,7,11,23H,1-2,8-10,12H2,(H,21,22). The minimum absolute atomic E-state index is 0.0329. The van der Waals surface area contributed by atoms with Crippen molar-refractivity contribution in [1.29, 1.82) is 0 Å². The minimum atomic E-state index is -4.40. The summed E-state index contributed by atoms with van der Waals surface area (Å²) >= 11 is 0. The molecule has 0 aliphatic heterocycles. The first-order valence-corrected chi connectivity index (χ1v) is 7.44. The Morgan fingerprint density at radius 3 is 2.65 bits per heavy atom. The van der Waals surface area contributed by atoms with Crippen LogP contribution in [0.3, 0.4) is 0 Å². The van der Waals surface area contributed by atoms with Crippen molar-refractivity contribution < 1.29 is 23.1 Å². The second-order valence-electron chi connectivity index (χ2n) is 5.77. The van der Waals surface area contributed by atoms with E-state index in [1.807, 2.05) is 0 Å². The van der Waals surface area contributed by atoms with Crippen LogP contribution >= 0.6 is 0 Å². The maximum absolute atomic E-state index is 12.6. The second-order valence-corrected chi connectivity index (χ2v) is 5.77. The lowest BCUT2D eigenvalue weighted by atomic mass is 9.98. The number of nitrogens with one attached hydrogen (secondary N) is 1. The SMILES string of the molecule is O=C(CC1(O)CCCC1)NCC#Cc1cccc(C(F)(F)F)c1. The van der Waals surface area contributed by atoms with E-state index in [-0.39, 0.29) is 24.4 Å². The van der Waals surface area contributed by atoms with Gasteiger partial charge in [0.2, 0.25) is 5.91 Å². The molecule has 1 fully saturated rings. The lowest BCUT2D eigenvalue weighted by Gasteiger charge is -2.20. The molecule has 2 N–H and O–H groups in total. The molecule has 1 aromatic rings. The average molecular weight is 325 g/mol. The van der Waals surface area contributed by atoms with E-state index in [1.54, 1.807) is 0 Å². The van der Waals surface area contributed by atoms with Gasteiger partial charge in [0, 0.05) is 5.56 Å². The molecule has 0 bridgehead atoms. The van der Waals surface area contributed by atoms with Crippen LogP contribution in [0.1, 0.15) is 43.2 Å². The van der Waals surface area contributed by atoms with E-state index in [2.05, 4.69) is 17.2 Å². The maximum Gasteiger partial charge on any atom is 0.416 e. The Balaban J connectivity index is 1.85. The summed E-state index contributed by atoms with van der Waals surface area (Å²) in [5.41, 5.74) is -1.43. The molecule has 1 aromatic carbocycles. The molecule has 0 radical (unpaired) electrons. The van der Waals surface area contributed by atoms with Gasteiger partial charge in [-0.3, -0.25) is 4.79 Å². The molecular formula is C17H18F3NO2. The molecular weight excluding hydrogens is 307 g/mol. The Bertz CT molecular complexity index is 623. The van der Waals surface area contributed by atoms with Gasteiger partial charge in [-0.2, -0.15) is 13.2 Å². The van der Waals surface area contributed by atoms with Gasteiger partial charge in [-0.1, -0.05) is 30.7 Å². The molecule has 6 heteroatoms. The average Bonchev–Trinajstić information content (AvgIpc) is 2.89. The zero-order valence-corrected chi connectivity index (χ0v) is 12.5. The number of halogens is 3. The van der Waals surface area contributed by atoms with Gasteiger partial charge in [0.25, 0.3) is 0 Å². The van der Waals surface area contributed by atoms with E-state index < -0.39 is 17.3 Å². The maximum atomic E-state index is 12.6. The predicted octanol–water partition coefficient (Wildman–Crippen LogP) is 2.87. The largest absolute Gasteiger partial charge is 0.416 e. The summed E-state index contributed by atoms with van der Waals surface area (Å²) in [6, 6.07) is 4.72. The molecule has 1 aliphatic carbocycles. The van der Waals surface area contributed by atoms with Crippen LogP contribution in [-0.4, -0.2) is 23.2 Å². The molecule has 0 heterocycles. The molecule has 0 unspecified atom stereocenters. The van der Waals surface area contributed by atoms with Crippen molar-refractivity contribution in [2.75, 3.05) is 6.54 Å². The van der Waals surface area contributed by atoms with Crippen LogP contribution in [0.2, 0.25) is 0 Å². The number of benzene rings is 1. The Kier molecular flexibility index (Phi) is 5.32. The van der Waals surface area contributed by atoms with Crippen molar-refractivity contribution in [2.24, 2.45) is 0 Å². The normalized spacial score (nSPS) is 16.5. The third-order valence-corrected chi connectivity index (χ3v) is 3.82. The van der Waals surface area contributed by atoms with Gasteiger partial charge < -0.3 is 10.4 Å². The number of alkyl halides is 3.